The van der Waals surface area contributed by atoms with Crippen LogP contribution in [0.3, 0.4) is 0 Å². The Morgan fingerprint density at radius 3 is 2.65 bits per heavy atom. The SMILES string of the molecule is CCNC1COCC1C(=O)NCc1ccc(CO)cc1. The highest BCUT2D eigenvalue weighted by atomic mass is 16.5. The number of carbonyl (C=O) groups excluding carboxylic acids is 1. The molecule has 0 aliphatic carbocycles. The minimum absolute atomic E-state index is 0.0275. The zero-order valence-electron chi connectivity index (χ0n) is 11.8. The first-order chi connectivity index (χ1) is 9.74. The van der Waals surface area contributed by atoms with Gasteiger partial charge in [0.25, 0.3) is 0 Å². The summed E-state index contributed by atoms with van der Waals surface area (Å²) in [5, 5.41) is 15.2. The Morgan fingerprint density at radius 1 is 1.30 bits per heavy atom. The predicted molar refractivity (Wildman–Crippen MR) is 76.0 cm³/mol. The van der Waals surface area contributed by atoms with Crippen molar-refractivity contribution >= 4 is 5.91 Å². The Morgan fingerprint density at radius 2 is 2.00 bits per heavy atom. The number of aliphatic hydroxyl groups excluding tert-OH is 1. The maximum Gasteiger partial charge on any atom is 0.227 e. The third kappa shape index (κ3) is 3.79. The van der Waals surface area contributed by atoms with E-state index in [2.05, 4.69) is 10.6 Å². The van der Waals surface area contributed by atoms with E-state index in [1.807, 2.05) is 31.2 Å². The summed E-state index contributed by atoms with van der Waals surface area (Å²) in [6, 6.07) is 7.66. The fraction of sp³-hybridized carbons (Fsp3) is 0.533. The molecule has 1 saturated heterocycles. The molecule has 5 nitrogen and oxygen atoms in total. The number of benzene rings is 1. The number of likely N-dealkylation sites (N-methyl/N-ethyl adjacent to an activating group) is 1. The Hall–Kier alpha value is -1.43. The van der Waals surface area contributed by atoms with Crippen LogP contribution in [0.1, 0.15) is 18.1 Å². The third-order valence-corrected chi connectivity index (χ3v) is 3.56. The second-order valence-electron chi connectivity index (χ2n) is 5.00. The number of nitrogens with one attached hydrogen (secondary N) is 2. The van der Waals surface area contributed by atoms with E-state index in [0.717, 1.165) is 17.7 Å². The van der Waals surface area contributed by atoms with Gasteiger partial charge in [0.1, 0.15) is 0 Å². The molecule has 1 aliphatic heterocycles. The van der Waals surface area contributed by atoms with E-state index >= 15 is 0 Å². The van der Waals surface area contributed by atoms with E-state index < -0.39 is 0 Å². The molecule has 0 bridgehead atoms. The second-order valence-corrected chi connectivity index (χ2v) is 5.00. The molecule has 1 heterocycles. The first-order valence-electron chi connectivity index (χ1n) is 7.02. The maximum atomic E-state index is 12.2. The lowest BCUT2D eigenvalue weighted by Gasteiger charge is -2.17. The van der Waals surface area contributed by atoms with Crippen molar-refractivity contribution < 1.29 is 14.6 Å². The van der Waals surface area contributed by atoms with Gasteiger partial charge in [-0.25, -0.2) is 0 Å². The van der Waals surface area contributed by atoms with Crippen molar-refractivity contribution in [2.75, 3.05) is 19.8 Å². The van der Waals surface area contributed by atoms with Crippen molar-refractivity contribution in [3.8, 4) is 0 Å². The fourth-order valence-electron chi connectivity index (χ4n) is 2.36. The summed E-state index contributed by atoms with van der Waals surface area (Å²) in [7, 11) is 0. The lowest BCUT2D eigenvalue weighted by Crippen LogP contribution is -2.43. The third-order valence-electron chi connectivity index (χ3n) is 3.56. The minimum Gasteiger partial charge on any atom is -0.392 e. The molecular formula is C15H22N2O3. The molecule has 2 atom stereocenters. The predicted octanol–water partition coefficient (Wildman–Crippen LogP) is 0.420. The summed E-state index contributed by atoms with van der Waals surface area (Å²) in [5.74, 6) is -0.0913. The smallest absolute Gasteiger partial charge is 0.227 e. The van der Waals surface area contributed by atoms with Crippen LogP contribution in [0.25, 0.3) is 0 Å². The number of amides is 1. The number of hydrogen-bond acceptors (Lipinski definition) is 4. The quantitative estimate of drug-likeness (QED) is 0.705. The average Bonchev–Trinajstić information content (AvgIpc) is 2.94. The summed E-state index contributed by atoms with van der Waals surface area (Å²) in [6.07, 6.45) is 0. The van der Waals surface area contributed by atoms with Gasteiger partial charge in [-0.15, -0.1) is 0 Å². The highest BCUT2D eigenvalue weighted by Crippen LogP contribution is 2.14. The van der Waals surface area contributed by atoms with Gasteiger partial charge in [-0.3, -0.25) is 4.79 Å². The Balaban J connectivity index is 1.84. The standard InChI is InChI=1S/C15H22N2O3/c1-2-16-14-10-20-9-13(14)15(19)17-7-11-3-5-12(8-18)6-4-11/h3-6,13-14,16,18H,2,7-10H2,1H3,(H,17,19). The summed E-state index contributed by atoms with van der Waals surface area (Å²) < 4.78 is 5.37. The molecule has 1 fully saturated rings. The first-order valence-corrected chi connectivity index (χ1v) is 7.02. The Kier molecular flexibility index (Phi) is 5.52. The minimum atomic E-state index is -0.119. The molecule has 0 aromatic heterocycles. The van der Waals surface area contributed by atoms with Crippen LogP contribution in [0.4, 0.5) is 0 Å². The fourth-order valence-corrected chi connectivity index (χ4v) is 2.36. The van der Waals surface area contributed by atoms with E-state index in [-0.39, 0.29) is 24.5 Å². The van der Waals surface area contributed by atoms with Gasteiger partial charge in [-0.2, -0.15) is 0 Å². The van der Waals surface area contributed by atoms with Crippen molar-refractivity contribution in [1.29, 1.82) is 0 Å². The average molecular weight is 278 g/mol. The maximum absolute atomic E-state index is 12.2. The molecule has 0 spiro atoms. The largest absolute Gasteiger partial charge is 0.392 e. The summed E-state index contributed by atoms with van der Waals surface area (Å²) >= 11 is 0. The van der Waals surface area contributed by atoms with Crippen LogP contribution < -0.4 is 10.6 Å². The highest BCUT2D eigenvalue weighted by Gasteiger charge is 2.33. The molecule has 2 rings (SSSR count). The van der Waals surface area contributed by atoms with Gasteiger partial charge >= 0.3 is 0 Å². The molecule has 5 heteroatoms. The number of rotatable bonds is 6. The lowest BCUT2D eigenvalue weighted by atomic mass is 10.0. The van der Waals surface area contributed by atoms with Gasteiger partial charge in [-0.1, -0.05) is 31.2 Å². The van der Waals surface area contributed by atoms with Gasteiger partial charge in [-0.05, 0) is 17.7 Å². The molecule has 1 amide bonds. The van der Waals surface area contributed by atoms with Crippen LogP contribution >= 0.6 is 0 Å². The molecule has 3 N–H and O–H groups in total. The molecule has 110 valence electrons. The van der Waals surface area contributed by atoms with E-state index in [9.17, 15) is 4.79 Å². The molecule has 2 unspecified atom stereocenters. The van der Waals surface area contributed by atoms with Gasteiger partial charge in [0.2, 0.25) is 5.91 Å². The van der Waals surface area contributed by atoms with Crippen molar-refractivity contribution in [3.63, 3.8) is 0 Å². The highest BCUT2D eigenvalue weighted by molar-refractivity contribution is 5.79. The number of carbonyl (C=O) groups is 1. The summed E-state index contributed by atoms with van der Waals surface area (Å²) in [6.45, 7) is 4.47. The first kappa shape index (κ1) is 15.0. The van der Waals surface area contributed by atoms with Gasteiger partial charge in [0.15, 0.2) is 0 Å². The van der Waals surface area contributed by atoms with Crippen molar-refractivity contribution in [2.45, 2.75) is 26.1 Å². The van der Waals surface area contributed by atoms with Crippen LogP contribution in [-0.2, 0) is 22.7 Å². The van der Waals surface area contributed by atoms with Crippen molar-refractivity contribution in [1.82, 2.24) is 10.6 Å². The monoisotopic (exact) mass is 278 g/mol. The van der Waals surface area contributed by atoms with Crippen LogP contribution in [-0.4, -0.2) is 36.8 Å². The molecule has 1 aromatic rings. The molecule has 0 saturated carbocycles. The zero-order chi connectivity index (χ0) is 14.4. The molecule has 1 aliphatic rings. The van der Waals surface area contributed by atoms with Gasteiger partial charge in [0, 0.05) is 12.6 Å². The van der Waals surface area contributed by atoms with Gasteiger partial charge < -0.3 is 20.5 Å². The Bertz CT molecular complexity index is 433. The van der Waals surface area contributed by atoms with Gasteiger partial charge in [0.05, 0.1) is 25.7 Å². The number of ether oxygens (including phenoxy) is 1. The molecule has 20 heavy (non-hydrogen) atoms. The van der Waals surface area contributed by atoms with E-state index in [4.69, 9.17) is 9.84 Å². The topological polar surface area (TPSA) is 70.6 Å². The number of aliphatic hydroxyl groups is 1. The second kappa shape index (κ2) is 7.38. The van der Waals surface area contributed by atoms with Crippen molar-refractivity contribution in [3.05, 3.63) is 35.4 Å². The van der Waals surface area contributed by atoms with E-state index in [1.165, 1.54) is 0 Å². The summed E-state index contributed by atoms with van der Waals surface area (Å²) in [4.78, 5) is 12.2. The van der Waals surface area contributed by atoms with E-state index in [0.29, 0.717) is 19.8 Å². The molecular weight excluding hydrogens is 256 g/mol. The van der Waals surface area contributed by atoms with Crippen molar-refractivity contribution in [2.24, 2.45) is 5.92 Å². The Labute approximate surface area is 119 Å². The van der Waals surface area contributed by atoms with E-state index in [1.54, 1.807) is 0 Å². The normalized spacial score (nSPS) is 21.9. The summed E-state index contributed by atoms with van der Waals surface area (Å²) in [5.41, 5.74) is 1.89. The van der Waals surface area contributed by atoms with Crippen LogP contribution in [0.2, 0.25) is 0 Å². The van der Waals surface area contributed by atoms with Crippen LogP contribution in [0.15, 0.2) is 24.3 Å². The lowest BCUT2D eigenvalue weighted by molar-refractivity contribution is -0.125. The van der Waals surface area contributed by atoms with Crippen LogP contribution in [0.5, 0.6) is 0 Å². The molecule has 1 aromatic carbocycles. The van der Waals surface area contributed by atoms with Crippen LogP contribution in [0, 0.1) is 5.92 Å². The molecule has 0 radical (unpaired) electrons. The number of hydrogen-bond donors (Lipinski definition) is 3. The zero-order valence-corrected chi connectivity index (χ0v) is 11.8.